The zero-order valence-electron chi connectivity index (χ0n) is 20.1. The second-order valence-corrected chi connectivity index (χ2v) is 12.7. The van der Waals surface area contributed by atoms with Crippen molar-refractivity contribution >= 4 is 35.1 Å². The number of ether oxygens (including phenoxy) is 5. The third-order valence-electron chi connectivity index (χ3n) is 10.4. The van der Waals surface area contributed by atoms with Gasteiger partial charge in [0, 0.05) is 11.0 Å². The van der Waals surface area contributed by atoms with E-state index in [-0.39, 0.29) is 41.5 Å². The molecule has 2 unspecified atom stereocenters. The Labute approximate surface area is 218 Å². The van der Waals surface area contributed by atoms with Gasteiger partial charge in [0.25, 0.3) is 0 Å². The molecular formula is C27H26Cl2O7. The van der Waals surface area contributed by atoms with Gasteiger partial charge in [0.05, 0.1) is 21.7 Å². The van der Waals surface area contributed by atoms with E-state index in [4.69, 9.17) is 46.9 Å². The summed E-state index contributed by atoms with van der Waals surface area (Å²) in [6.45, 7) is 6.79. The summed E-state index contributed by atoms with van der Waals surface area (Å²) in [5, 5.41) is 0.668. The third kappa shape index (κ3) is 2.23. The minimum absolute atomic E-state index is 0.0857. The molecule has 0 amide bonds. The Hall–Kier alpha value is -1.64. The lowest BCUT2D eigenvalue weighted by Crippen LogP contribution is -2.70. The average Bonchev–Trinajstić information content (AvgIpc) is 3.74. The van der Waals surface area contributed by atoms with Crippen molar-refractivity contribution in [3.63, 3.8) is 0 Å². The van der Waals surface area contributed by atoms with Gasteiger partial charge in [0.15, 0.2) is 11.7 Å². The highest BCUT2D eigenvalue weighted by molar-refractivity contribution is 6.42. The smallest absolute Gasteiger partial charge is 0.338 e. The molecule has 1 aromatic carbocycles. The molecule has 4 heterocycles. The summed E-state index contributed by atoms with van der Waals surface area (Å²) in [5.41, 5.74) is -0.120. The fourth-order valence-corrected chi connectivity index (χ4v) is 8.94. The molecule has 0 N–H and O–H groups in total. The lowest BCUT2D eigenvalue weighted by Gasteiger charge is -2.53. The zero-order valence-corrected chi connectivity index (χ0v) is 21.7. The van der Waals surface area contributed by atoms with Crippen molar-refractivity contribution < 1.29 is 33.3 Å². The van der Waals surface area contributed by atoms with E-state index in [0.717, 1.165) is 24.0 Å². The molecule has 3 saturated heterocycles. The number of halogens is 2. The first-order valence-corrected chi connectivity index (χ1v) is 13.5. The summed E-state index contributed by atoms with van der Waals surface area (Å²) in [6.07, 6.45) is 1.10. The number of hydrogen-bond acceptors (Lipinski definition) is 7. The first-order chi connectivity index (χ1) is 17.1. The number of esters is 2. The monoisotopic (exact) mass is 532 g/mol. The Balaban J connectivity index is 1.22. The Morgan fingerprint density at radius 2 is 1.94 bits per heavy atom. The number of carbonyl (C=O) groups is 2. The van der Waals surface area contributed by atoms with Crippen LogP contribution in [0.15, 0.2) is 29.3 Å². The quantitative estimate of drug-likeness (QED) is 0.424. The minimum atomic E-state index is -0.784. The van der Waals surface area contributed by atoms with Gasteiger partial charge >= 0.3 is 11.9 Å². The van der Waals surface area contributed by atoms with E-state index in [2.05, 4.69) is 20.8 Å². The largest absolute Gasteiger partial charge is 0.458 e. The molecule has 9 heteroatoms. The molecular weight excluding hydrogens is 507 g/mol. The first kappa shape index (κ1) is 22.4. The van der Waals surface area contributed by atoms with Crippen LogP contribution in [0.4, 0.5) is 0 Å². The average molecular weight is 533 g/mol. The van der Waals surface area contributed by atoms with E-state index in [1.165, 1.54) is 6.07 Å². The molecule has 7 aliphatic rings. The number of epoxide rings is 3. The van der Waals surface area contributed by atoms with E-state index in [0.29, 0.717) is 28.6 Å². The van der Waals surface area contributed by atoms with Crippen molar-refractivity contribution in [2.75, 3.05) is 6.61 Å². The van der Waals surface area contributed by atoms with Gasteiger partial charge in [0.2, 0.25) is 0 Å². The molecule has 8 rings (SSSR count). The molecule has 1 aromatic rings. The maximum absolute atomic E-state index is 13.5. The molecule has 7 nitrogen and oxygen atoms in total. The molecule has 2 spiro atoms. The Morgan fingerprint density at radius 3 is 2.69 bits per heavy atom. The van der Waals surface area contributed by atoms with Gasteiger partial charge in [-0.05, 0) is 54.9 Å². The van der Waals surface area contributed by atoms with Gasteiger partial charge < -0.3 is 23.7 Å². The van der Waals surface area contributed by atoms with Crippen molar-refractivity contribution in [1.82, 2.24) is 0 Å². The van der Waals surface area contributed by atoms with Crippen LogP contribution in [0.1, 0.15) is 50.4 Å². The number of rotatable bonds is 3. The summed E-state index contributed by atoms with van der Waals surface area (Å²) in [4.78, 5) is 25.8. The van der Waals surface area contributed by atoms with Crippen molar-refractivity contribution in [2.45, 2.75) is 81.3 Å². The molecule has 0 bridgehead atoms. The molecule has 2 saturated carbocycles. The SMILES string of the molecule is CC(C)[C@@]12O[C@@H]1[C@H]1OC13C1(O[C@H]1C[C@@H]1C4=C(CC[C@@]13C)C(=O)OC4)[C@@H]2OC(=O)c1ccc(Cl)c(Cl)c1. The summed E-state index contributed by atoms with van der Waals surface area (Å²) in [5.74, 6) is -0.466. The zero-order chi connectivity index (χ0) is 25.0. The van der Waals surface area contributed by atoms with Crippen LogP contribution in [0.25, 0.3) is 0 Å². The first-order valence-electron chi connectivity index (χ1n) is 12.7. The molecule has 5 fully saturated rings. The molecule has 0 aromatic heterocycles. The minimum Gasteiger partial charge on any atom is -0.458 e. The van der Waals surface area contributed by atoms with Crippen LogP contribution in [0.5, 0.6) is 0 Å². The van der Waals surface area contributed by atoms with Crippen molar-refractivity contribution in [1.29, 1.82) is 0 Å². The fraction of sp³-hybridized carbons (Fsp3) is 0.630. The highest BCUT2D eigenvalue weighted by atomic mass is 35.5. The highest BCUT2D eigenvalue weighted by Gasteiger charge is 3.01. The van der Waals surface area contributed by atoms with Crippen molar-refractivity contribution in [3.8, 4) is 0 Å². The number of fused-ring (bicyclic) bond motifs is 4. The third-order valence-corrected chi connectivity index (χ3v) is 11.2. The standard InChI is InChI=1S/C27H26Cl2O7/c1-11(2)25-19(35-25)20-27(36-20)24(3)7-6-13-14(10-32-22(13)31)15(24)9-18-26(27,34-18)23(25)33-21(30)12-4-5-16(28)17(29)8-12/h4-5,8,11,15,18-20,23H,6-7,9-10H2,1-3H3/t15-,18+,19-,20-,23-,24+,25-,26?,27?/m1/s1. The summed E-state index contributed by atoms with van der Waals surface area (Å²) >= 11 is 12.3. The van der Waals surface area contributed by atoms with Gasteiger partial charge in [-0.25, -0.2) is 9.59 Å². The second-order valence-electron chi connectivity index (χ2n) is 11.9. The molecule has 36 heavy (non-hydrogen) atoms. The summed E-state index contributed by atoms with van der Waals surface area (Å²) < 4.78 is 31.6. The van der Waals surface area contributed by atoms with Crippen molar-refractivity contribution in [3.05, 3.63) is 45.0 Å². The molecule has 190 valence electrons. The number of benzene rings is 1. The van der Waals surface area contributed by atoms with E-state index < -0.39 is 28.9 Å². The van der Waals surface area contributed by atoms with Crippen LogP contribution >= 0.6 is 23.2 Å². The Bertz CT molecular complexity index is 1310. The predicted molar refractivity (Wildman–Crippen MR) is 127 cm³/mol. The highest BCUT2D eigenvalue weighted by Crippen LogP contribution is 2.83. The number of cyclic esters (lactones) is 1. The van der Waals surface area contributed by atoms with Crippen LogP contribution in [-0.2, 0) is 28.5 Å². The van der Waals surface area contributed by atoms with Crippen LogP contribution in [0.3, 0.4) is 0 Å². The second kappa shape index (κ2) is 6.49. The van der Waals surface area contributed by atoms with Gasteiger partial charge in [-0.3, -0.25) is 0 Å². The van der Waals surface area contributed by atoms with Crippen LogP contribution in [-0.4, -0.2) is 59.8 Å². The maximum atomic E-state index is 13.5. The van der Waals surface area contributed by atoms with Crippen LogP contribution < -0.4 is 0 Å². The summed E-state index contributed by atoms with van der Waals surface area (Å²) in [7, 11) is 0. The summed E-state index contributed by atoms with van der Waals surface area (Å²) in [6, 6.07) is 4.74. The maximum Gasteiger partial charge on any atom is 0.338 e. The molecule has 9 atom stereocenters. The van der Waals surface area contributed by atoms with Crippen molar-refractivity contribution in [2.24, 2.45) is 17.3 Å². The lowest BCUT2D eigenvalue weighted by molar-refractivity contribution is -0.136. The lowest BCUT2D eigenvalue weighted by atomic mass is 9.46. The Morgan fingerprint density at radius 1 is 1.14 bits per heavy atom. The molecule has 4 aliphatic heterocycles. The van der Waals surface area contributed by atoms with Gasteiger partial charge in [-0.1, -0.05) is 44.0 Å². The van der Waals surface area contributed by atoms with Gasteiger partial charge in [0.1, 0.15) is 30.0 Å². The van der Waals surface area contributed by atoms with Crippen LogP contribution in [0.2, 0.25) is 10.0 Å². The fourth-order valence-electron chi connectivity index (χ4n) is 8.64. The molecule has 3 aliphatic carbocycles. The van der Waals surface area contributed by atoms with E-state index in [9.17, 15) is 9.59 Å². The predicted octanol–water partition coefficient (Wildman–Crippen LogP) is 4.27. The number of carbonyl (C=O) groups excluding carboxylic acids is 2. The topological polar surface area (TPSA) is 90.2 Å². The van der Waals surface area contributed by atoms with E-state index in [1.807, 2.05) is 0 Å². The van der Waals surface area contributed by atoms with Crippen LogP contribution in [0, 0.1) is 17.3 Å². The van der Waals surface area contributed by atoms with E-state index >= 15 is 0 Å². The Kier molecular flexibility index (Phi) is 4.03. The van der Waals surface area contributed by atoms with Gasteiger partial charge in [-0.15, -0.1) is 0 Å². The normalized spacial score (nSPS) is 48.6. The number of hydrogen-bond donors (Lipinski definition) is 0. The van der Waals surface area contributed by atoms with Gasteiger partial charge in [-0.2, -0.15) is 0 Å². The van der Waals surface area contributed by atoms with E-state index in [1.54, 1.807) is 12.1 Å². The molecule has 0 radical (unpaired) electrons.